The molecule has 0 unspecified atom stereocenters. The van der Waals surface area contributed by atoms with Gasteiger partial charge in [-0.3, -0.25) is 9.48 Å². The van der Waals surface area contributed by atoms with Crippen LogP contribution in [0.15, 0.2) is 61.1 Å². The summed E-state index contributed by atoms with van der Waals surface area (Å²) in [6, 6.07) is 13.5. The minimum absolute atomic E-state index is 0.103. The van der Waals surface area contributed by atoms with Crippen molar-refractivity contribution in [3.8, 4) is 0 Å². The first-order chi connectivity index (χ1) is 10.3. The molecule has 106 valence electrons. The van der Waals surface area contributed by atoms with Gasteiger partial charge in [0.1, 0.15) is 5.69 Å². The van der Waals surface area contributed by atoms with Gasteiger partial charge in [0, 0.05) is 25.1 Å². The number of benzene rings is 1. The van der Waals surface area contributed by atoms with Crippen molar-refractivity contribution < 1.29 is 4.79 Å². The molecule has 0 bridgehead atoms. The molecule has 0 atom stereocenters. The molecule has 0 aliphatic carbocycles. The second-order valence-electron chi connectivity index (χ2n) is 4.74. The van der Waals surface area contributed by atoms with Crippen LogP contribution >= 0.6 is 0 Å². The lowest BCUT2D eigenvalue weighted by molar-refractivity contribution is 0.0946. The largest absolute Gasteiger partial charge is 0.357 e. The molecule has 21 heavy (non-hydrogen) atoms. The van der Waals surface area contributed by atoms with Gasteiger partial charge in [-0.15, -0.1) is 0 Å². The Kier molecular flexibility index (Phi) is 3.82. The van der Waals surface area contributed by atoms with E-state index in [1.54, 1.807) is 24.5 Å². The third kappa shape index (κ3) is 3.20. The third-order valence-corrected chi connectivity index (χ3v) is 3.29. The molecular weight excluding hydrogens is 264 g/mol. The van der Waals surface area contributed by atoms with Crippen molar-refractivity contribution in [2.75, 3.05) is 0 Å². The van der Waals surface area contributed by atoms with Gasteiger partial charge in [-0.1, -0.05) is 24.3 Å². The van der Waals surface area contributed by atoms with Crippen molar-refractivity contribution in [2.24, 2.45) is 0 Å². The second kappa shape index (κ2) is 6.09. The summed E-state index contributed by atoms with van der Waals surface area (Å²) >= 11 is 0. The smallest absolute Gasteiger partial charge is 0.267 e. The predicted octanol–water partition coefficient (Wildman–Crippen LogP) is 2.19. The summed E-state index contributed by atoms with van der Waals surface area (Å²) in [4.78, 5) is 14.8. The van der Waals surface area contributed by atoms with Gasteiger partial charge in [0.15, 0.2) is 0 Å². The molecule has 0 aliphatic heterocycles. The van der Waals surface area contributed by atoms with Crippen LogP contribution in [0.25, 0.3) is 0 Å². The maximum atomic E-state index is 11.9. The Bertz CT molecular complexity index is 702. The first-order valence-electron chi connectivity index (χ1n) is 6.79. The van der Waals surface area contributed by atoms with E-state index in [2.05, 4.69) is 21.5 Å². The molecule has 2 aromatic heterocycles. The SMILES string of the molecule is O=C(NCc1ccccc1Cn1cccn1)c1ccc[nH]1. The fourth-order valence-corrected chi connectivity index (χ4v) is 2.20. The van der Waals surface area contributed by atoms with E-state index in [1.165, 1.54) is 0 Å². The molecular formula is C16H16N4O. The molecule has 0 aliphatic rings. The average molecular weight is 280 g/mol. The summed E-state index contributed by atoms with van der Waals surface area (Å²) in [6.07, 6.45) is 5.42. The third-order valence-electron chi connectivity index (χ3n) is 3.29. The van der Waals surface area contributed by atoms with Crippen molar-refractivity contribution in [2.45, 2.75) is 13.1 Å². The zero-order valence-corrected chi connectivity index (χ0v) is 11.5. The highest BCUT2D eigenvalue weighted by molar-refractivity contribution is 5.92. The number of hydrogen-bond acceptors (Lipinski definition) is 2. The molecule has 5 nitrogen and oxygen atoms in total. The number of aromatic amines is 1. The second-order valence-corrected chi connectivity index (χ2v) is 4.74. The summed E-state index contributed by atoms with van der Waals surface area (Å²) in [5.74, 6) is -0.103. The molecule has 1 amide bonds. The highest BCUT2D eigenvalue weighted by Gasteiger charge is 2.07. The summed E-state index contributed by atoms with van der Waals surface area (Å²) in [5.41, 5.74) is 2.81. The zero-order chi connectivity index (χ0) is 14.5. The Morgan fingerprint density at radius 2 is 2.00 bits per heavy atom. The van der Waals surface area contributed by atoms with E-state index in [0.717, 1.165) is 11.1 Å². The Balaban J connectivity index is 1.69. The maximum absolute atomic E-state index is 11.9. The number of hydrogen-bond donors (Lipinski definition) is 2. The van der Waals surface area contributed by atoms with Crippen LogP contribution in [-0.4, -0.2) is 20.7 Å². The van der Waals surface area contributed by atoms with Gasteiger partial charge in [-0.25, -0.2) is 0 Å². The molecule has 0 saturated carbocycles. The Morgan fingerprint density at radius 1 is 1.14 bits per heavy atom. The zero-order valence-electron chi connectivity index (χ0n) is 11.5. The lowest BCUT2D eigenvalue weighted by Crippen LogP contribution is -2.23. The summed E-state index contributed by atoms with van der Waals surface area (Å²) in [6.45, 7) is 1.19. The van der Waals surface area contributed by atoms with E-state index < -0.39 is 0 Å². The minimum Gasteiger partial charge on any atom is -0.357 e. The minimum atomic E-state index is -0.103. The molecule has 0 fully saturated rings. The summed E-state index contributed by atoms with van der Waals surface area (Å²) < 4.78 is 1.87. The lowest BCUT2D eigenvalue weighted by atomic mass is 10.1. The van der Waals surface area contributed by atoms with Crippen LogP contribution in [-0.2, 0) is 13.1 Å². The van der Waals surface area contributed by atoms with Crippen molar-refractivity contribution in [1.29, 1.82) is 0 Å². The van der Waals surface area contributed by atoms with Crippen molar-refractivity contribution in [3.63, 3.8) is 0 Å². The first-order valence-corrected chi connectivity index (χ1v) is 6.79. The molecule has 5 heteroatoms. The van der Waals surface area contributed by atoms with Crippen molar-refractivity contribution >= 4 is 5.91 Å². The van der Waals surface area contributed by atoms with Gasteiger partial charge >= 0.3 is 0 Å². The van der Waals surface area contributed by atoms with E-state index in [0.29, 0.717) is 18.8 Å². The van der Waals surface area contributed by atoms with Crippen LogP contribution in [0.4, 0.5) is 0 Å². The van der Waals surface area contributed by atoms with Crippen LogP contribution in [0.3, 0.4) is 0 Å². The maximum Gasteiger partial charge on any atom is 0.267 e. The van der Waals surface area contributed by atoms with Crippen molar-refractivity contribution in [3.05, 3.63) is 77.9 Å². The normalized spacial score (nSPS) is 10.5. The summed E-state index contributed by atoms with van der Waals surface area (Å²) in [5, 5.41) is 7.13. The fraction of sp³-hybridized carbons (Fsp3) is 0.125. The first kappa shape index (κ1) is 13.2. The molecule has 3 aromatic rings. The number of rotatable bonds is 5. The van der Waals surface area contributed by atoms with Gasteiger partial charge in [-0.05, 0) is 29.3 Å². The molecule has 2 N–H and O–H groups in total. The molecule has 0 saturated heterocycles. The molecule has 1 aromatic carbocycles. The molecule has 0 radical (unpaired) electrons. The van der Waals surface area contributed by atoms with Crippen LogP contribution < -0.4 is 5.32 Å². The number of H-pyrrole nitrogens is 1. The predicted molar refractivity (Wildman–Crippen MR) is 79.7 cm³/mol. The lowest BCUT2D eigenvalue weighted by Gasteiger charge is -2.10. The number of amides is 1. The number of carbonyl (C=O) groups is 1. The standard InChI is InChI=1S/C16H16N4O/c21-16(15-7-3-8-17-15)18-11-13-5-1-2-6-14(13)12-20-10-4-9-19-20/h1-10,17H,11-12H2,(H,18,21). The van der Waals surface area contributed by atoms with Crippen LogP contribution in [0, 0.1) is 0 Å². The summed E-state index contributed by atoms with van der Waals surface area (Å²) in [7, 11) is 0. The molecule has 3 rings (SSSR count). The molecule has 0 spiro atoms. The molecule has 2 heterocycles. The van der Waals surface area contributed by atoms with Gasteiger partial charge in [-0.2, -0.15) is 5.10 Å². The van der Waals surface area contributed by atoms with Gasteiger partial charge in [0.2, 0.25) is 0 Å². The van der Waals surface area contributed by atoms with Crippen LogP contribution in [0.2, 0.25) is 0 Å². The van der Waals surface area contributed by atoms with Crippen molar-refractivity contribution in [1.82, 2.24) is 20.1 Å². The number of carbonyl (C=O) groups excluding carboxylic acids is 1. The van der Waals surface area contributed by atoms with E-state index in [-0.39, 0.29) is 5.91 Å². The number of nitrogens with one attached hydrogen (secondary N) is 2. The average Bonchev–Trinajstić information content (AvgIpc) is 3.19. The number of aromatic nitrogens is 3. The van der Waals surface area contributed by atoms with Gasteiger partial charge in [0.05, 0.1) is 6.54 Å². The monoisotopic (exact) mass is 280 g/mol. The Hall–Kier alpha value is -2.82. The topological polar surface area (TPSA) is 62.7 Å². The van der Waals surface area contributed by atoms with Crippen LogP contribution in [0.1, 0.15) is 21.6 Å². The quantitative estimate of drug-likeness (QED) is 0.752. The number of nitrogens with zero attached hydrogens (tertiary/aromatic N) is 2. The van der Waals surface area contributed by atoms with E-state index in [1.807, 2.05) is 35.1 Å². The van der Waals surface area contributed by atoms with E-state index in [9.17, 15) is 4.79 Å². The van der Waals surface area contributed by atoms with Gasteiger partial charge in [0.25, 0.3) is 5.91 Å². The highest BCUT2D eigenvalue weighted by Crippen LogP contribution is 2.10. The van der Waals surface area contributed by atoms with Crippen LogP contribution in [0.5, 0.6) is 0 Å². The fourth-order valence-electron chi connectivity index (χ4n) is 2.20. The van der Waals surface area contributed by atoms with E-state index >= 15 is 0 Å². The van der Waals surface area contributed by atoms with Gasteiger partial charge < -0.3 is 10.3 Å². The highest BCUT2D eigenvalue weighted by atomic mass is 16.1. The Morgan fingerprint density at radius 3 is 2.71 bits per heavy atom. The Labute approximate surface area is 122 Å². The van der Waals surface area contributed by atoms with E-state index in [4.69, 9.17) is 0 Å².